The lowest BCUT2D eigenvalue weighted by molar-refractivity contribution is -0.117. The molecule has 1 saturated heterocycles. The first-order chi connectivity index (χ1) is 11.8. The minimum Gasteiger partial charge on any atom is -0.312 e. The summed E-state index contributed by atoms with van der Waals surface area (Å²) in [7, 11) is -3.60. The molecule has 3 rings (SSSR count). The van der Waals surface area contributed by atoms with Crippen LogP contribution in [0.2, 0.25) is 0 Å². The third-order valence-electron chi connectivity index (χ3n) is 4.24. The van der Waals surface area contributed by atoms with Crippen LogP contribution in [0.4, 0.5) is 10.1 Å². The Hall–Kier alpha value is -2.25. The van der Waals surface area contributed by atoms with Gasteiger partial charge in [-0.1, -0.05) is 17.7 Å². The molecule has 1 fully saturated rings. The molecular weight excluding hydrogens is 343 g/mol. The second-order valence-corrected chi connectivity index (χ2v) is 7.98. The first-order valence-corrected chi connectivity index (χ1v) is 9.46. The number of hydrogen-bond acceptors (Lipinski definition) is 3. The molecule has 5 nitrogen and oxygen atoms in total. The molecule has 0 saturated carbocycles. The Bertz CT molecular complexity index is 864. The fourth-order valence-corrected chi connectivity index (χ4v) is 3.93. The Labute approximate surface area is 146 Å². The molecule has 1 aliphatic rings. The second kappa shape index (κ2) is 6.93. The number of anilines is 1. The average molecular weight is 362 g/mol. The summed E-state index contributed by atoms with van der Waals surface area (Å²) in [5.74, 6) is -0.582. The highest BCUT2D eigenvalue weighted by Crippen LogP contribution is 2.25. The van der Waals surface area contributed by atoms with Gasteiger partial charge < -0.3 is 4.90 Å². The van der Waals surface area contributed by atoms with Crippen molar-refractivity contribution in [3.05, 3.63) is 59.9 Å². The van der Waals surface area contributed by atoms with E-state index in [4.69, 9.17) is 0 Å². The SMILES string of the molecule is Cc1ccc(S(=O)(=O)NC[C@@H]2CC(=O)N(c3ccc(F)cc3)C2)cc1. The van der Waals surface area contributed by atoms with Crippen LogP contribution in [0.25, 0.3) is 0 Å². The standard InChI is InChI=1S/C18H19FN2O3S/c1-13-2-8-17(9-3-13)25(23,24)20-11-14-10-18(22)21(12-14)16-6-4-15(19)5-7-16/h2-9,14,20H,10-12H2,1H3/t14-/m0/s1. The number of rotatable bonds is 5. The summed E-state index contributed by atoms with van der Waals surface area (Å²) in [5, 5.41) is 0. The van der Waals surface area contributed by atoms with E-state index in [-0.39, 0.29) is 35.5 Å². The van der Waals surface area contributed by atoms with E-state index in [9.17, 15) is 17.6 Å². The lowest BCUT2D eigenvalue weighted by Crippen LogP contribution is -2.31. The number of benzene rings is 2. The molecule has 7 heteroatoms. The van der Waals surface area contributed by atoms with Crippen LogP contribution in [-0.4, -0.2) is 27.4 Å². The molecule has 1 amide bonds. The smallest absolute Gasteiger partial charge is 0.240 e. The van der Waals surface area contributed by atoms with Gasteiger partial charge in [0, 0.05) is 25.2 Å². The van der Waals surface area contributed by atoms with Crippen molar-refractivity contribution < 1.29 is 17.6 Å². The van der Waals surface area contributed by atoms with Gasteiger partial charge in [0.25, 0.3) is 0 Å². The number of nitrogens with zero attached hydrogens (tertiary/aromatic N) is 1. The Kier molecular flexibility index (Phi) is 4.87. The molecule has 25 heavy (non-hydrogen) atoms. The quantitative estimate of drug-likeness (QED) is 0.889. The van der Waals surface area contributed by atoms with Crippen molar-refractivity contribution >= 4 is 21.6 Å². The number of hydrogen-bond donors (Lipinski definition) is 1. The minimum absolute atomic E-state index is 0.0915. The summed E-state index contributed by atoms with van der Waals surface area (Å²) in [6.07, 6.45) is 0.258. The molecule has 1 heterocycles. The van der Waals surface area contributed by atoms with Crippen molar-refractivity contribution in [2.45, 2.75) is 18.2 Å². The fourth-order valence-electron chi connectivity index (χ4n) is 2.82. The molecule has 0 unspecified atom stereocenters. The van der Waals surface area contributed by atoms with Crippen molar-refractivity contribution in [1.29, 1.82) is 0 Å². The topological polar surface area (TPSA) is 66.5 Å². The van der Waals surface area contributed by atoms with Crippen molar-refractivity contribution in [3.63, 3.8) is 0 Å². The lowest BCUT2D eigenvalue weighted by Gasteiger charge is -2.17. The molecule has 132 valence electrons. The van der Waals surface area contributed by atoms with Crippen LogP contribution < -0.4 is 9.62 Å². The summed E-state index contributed by atoms with van der Waals surface area (Å²) >= 11 is 0. The van der Waals surface area contributed by atoms with Crippen LogP contribution in [0.3, 0.4) is 0 Å². The van der Waals surface area contributed by atoms with Gasteiger partial charge in [-0.15, -0.1) is 0 Å². The summed E-state index contributed by atoms with van der Waals surface area (Å²) in [4.78, 5) is 13.9. The molecular formula is C18H19FN2O3S. The van der Waals surface area contributed by atoms with Crippen LogP contribution >= 0.6 is 0 Å². The molecule has 2 aromatic rings. The number of aryl methyl sites for hydroxylation is 1. The zero-order valence-corrected chi connectivity index (χ0v) is 14.6. The molecule has 0 aromatic heterocycles. The number of halogens is 1. The highest BCUT2D eigenvalue weighted by atomic mass is 32.2. The van der Waals surface area contributed by atoms with Crippen molar-refractivity contribution in [3.8, 4) is 0 Å². The normalized spacial score (nSPS) is 17.9. The van der Waals surface area contributed by atoms with Crippen molar-refractivity contribution in [2.75, 3.05) is 18.0 Å². The highest BCUT2D eigenvalue weighted by Gasteiger charge is 2.31. The maximum absolute atomic E-state index is 13.0. The molecule has 0 radical (unpaired) electrons. The third-order valence-corrected chi connectivity index (χ3v) is 5.68. The number of amides is 1. The number of nitrogens with one attached hydrogen (secondary N) is 1. The van der Waals surface area contributed by atoms with Gasteiger partial charge in [0.1, 0.15) is 5.82 Å². The van der Waals surface area contributed by atoms with E-state index in [1.807, 2.05) is 6.92 Å². The maximum Gasteiger partial charge on any atom is 0.240 e. The number of carbonyl (C=O) groups is 1. The van der Waals surface area contributed by atoms with Crippen LogP contribution in [0, 0.1) is 18.7 Å². The predicted molar refractivity (Wildman–Crippen MR) is 93.2 cm³/mol. The van der Waals surface area contributed by atoms with Gasteiger partial charge in [-0.3, -0.25) is 4.79 Å². The van der Waals surface area contributed by atoms with Crippen LogP contribution in [0.15, 0.2) is 53.4 Å². The van der Waals surface area contributed by atoms with Crippen LogP contribution in [-0.2, 0) is 14.8 Å². The van der Waals surface area contributed by atoms with E-state index in [0.717, 1.165) is 5.56 Å². The van der Waals surface area contributed by atoms with Gasteiger partial charge in [-0.05, 0) is 49.2 Å². The van der Waals surface area contributed by atoms with E-state index in [1.54, 1.807) is 41.3 Å². The summed E-state index contributed by atoms with van der Waals surface area (Å²) in [5.41, 5.74) is 1.60. The zero-order valence-electron chi connectivity index (χ0n) is 13.8. The van der Waals surface area contributed by atoms with E-state index in [0.29, 0.717) is 12.2 Å². The van der Waals surface area contributed by atoms with Gasteiger partial charge in [0.05, 0.1) is 4.90 Å². The van der Waals surface area contributed by atoms with Gasteiger partial charge in [-0.25, -0.2) is 17.5 Å². The number of carbonyl (C=O) groups excluding carboxylic acids is 1. The van der Waals surface area contributed by atoms with Gasteiger partial charge in [-0.2, -0.15) is 0 Å². The third kappa shape index (κ3) is 4.05. The number of sulfonamides is 1. The molecule has 1 aliphatic heterocycles. The molecule has 1 N–H and O–H groups in total. The molecule has 0 bridgehead atoms. The summed E-state index contributed by atoms with van der Waals surface area (Å²) in [6, 6.07) is 12.3. The first-order valence-electron chi connectivity index (χ1n) is 7.97. The Morgan fingerprint density at radius 3 is 2.40 bits per heavy atom. The van der Waals surface area contributed by atoms with Crippen LogP contribution in [0.1, 0.15) is 12.0 Å². The van der Waals surface area contributed by atoms with Gasteiger partial charge in [0.2, 0.25) is 15.9 Å². The molecule has 1 atom stereocenters. The van der Waals surface area contributed by atoms with E-state index in [1.165, 1.54) is 12.1 Å². The maximum atomic E-state index is 13.0. The van der Waals surface area contributed by atoms with Crippen molar-refractivity contribution in [1.82, 2.24) is 4.72 Å². The molecule has 0 spiro atoms. The largest absolute Gasteiger partial charge is 0.312 e. The van der Waals surface area contributed by atoms with Crippen molar-refractivity contribution in [2.24, 2.45) is 5.92 Å². The lowest BCUT2D eigenvalue weighted by atomic mass is 10.1. The van der Waals surface area contributed by atoms with Gasteiger partial charge in [0.15, 0.2) is 0 Å². The highest BCUT2D eigenvalue weighted by molar-refractivity contribution is 7.89. The monoisotopic (exact) mass is 362 g/mol. The summed E-state index contributed by atoms with van der Waals surface area (Å²) < 4.78 is 40.2. The zero-order chi connectivity index (χ0) is 18.0. The fraction of sp³-hybridized carbons (Fsp3) is 0.278. The van der Waals surface area contributed by atoms with E-state index in [2.05, 4.69) is 4.72 Å². The molecule has 0 aliphatic carbocycles. The first kappa shape index (κ1) is 17.6. The molecule has 2 aromatic carbocycles. The van der Waals surface area contributed by atoms with E-state index >= 15 is 0 Å². The van der Waals surface area contributed by atoms with Gasteiger partial charge >= 0.3 is 0 Å². The Balaban J connectivity index is 1.63. The predicted octanol–water partition coefficient (Wildman–Crippen LogP) is 2.47. The van der Waals surface area contributed by atoms with Crippen LogP contribution in [0.5, 0.6) is 0 Å². The van der Waals surface area contributed by atoms with E-state index < -0.39 is 10.0 Å². The minimum atomic E-state index is -3.60. The Morgan fingerprint density at radius 1 is 1.12 bits per heavy atom. The average Bonchev–Trinajstić information content (AvgIpc) is 2.95. The Morgan fingerprint density at radius 2 is 1.76 bits per heavy atom. The second-order valence-electron chi connectivity index (χ2n) is 6.22. The summed E-state index contributed by atoms with van der Waals surface area (Å²) in [6.45, 7) is 2.47.